The molecule has 1 unspecified atom stereocenters. The van der Waals surface area contributed by atoms with Crippen molar-refractivity contribution in [3.8, 4) is 23.0 Å². The molecule has 1 saturated heterocycles. The van der Waals surface area contributed by atoms with Crippen LogP contribution >= 0.6 is 11.8 Å². The highest BCUT2D eigenvalue weighted by Gasteiger charge is 2.31. The van der Waals surface area contributed by atoms with Crippen LogP contribution < -0.4 is 14.2 Å². The zero-order valence-electron chi connectivity index (χ0n) is 22.0. The van der Waals surface area contributed by atoms with Crippen molar-refractivity contribution in [1.29, 1.82) is 0 Å². The van der Waals surface area contributed by atoms with Crippen molar-refractivity contribution in [2.24, 2.45) is 0 Å². The molecule has 6 heteroatoms. The molecule has 0 aliphatic carbocycles. The van der Waals surface area contributed by atoms with Crippen LogP contribution in [0.2, 0.25) is 0 Å². The van der Waals surface area contributed by atoms with Crippen molar-refractivity contribution < 1.29 is 19.3 Å². The molecule has 5 nitrogen and oxygen atoms in total. The summed E-state index contributed by atoms with van der Waals surface area (Å²) >= 11 is 1.72. The molecular formula is C31H37NO4S. The van der Waals surface area contributed by atoms with Gasteiger partial charge >= 0.3 is 0 Å². The zero-order valence-corrected chi connectivity index (χ0v) is 22.9. The number of piperidine rings is 1. The van der Waals surface area contributed by atoms with Crippen LogP contribution in [0.5, 0.6) is 23.0 Å². The predicted octanol–water partition coefficient (Wildman–Crippen LogP) is 7.34. The molecule has 3 aromatic carbocycles. The Hall–Kier alpha value is -2.67. The Morgan fingerprint density at radius 2 is 1.68 bits per heavy atom. The quantitative estimate of drug-likeness (QED) is 0.319. The topological polar surface area (TPSA) is 51.2 Å². The maximum absolute atomic E-state index is 10.5. The number of rotatable bonds is 9. The molecule has 196 valence electrons. The van der Waals surface area contributed by atoms with Gasteiger partial charge in [0.25, 0.3) is 0 Å². The highest BCUT2D eigenvalue weighted by molar-refractivity contribution is 8.03. The molecule has 0 radical (unpaired) electrons. The van der Waals surface area contributed by atoms with E-state index < -0.39 is 5.60 Å². The Bertz CT molecular complexity index is 1240. The summed E-state index contributed by atoms with van der Waals surface area (Å²) in [4.78, 5) is 3.49. The molecule has 0 spiro atoms. The lowest BCUT2D eigenvalue weighted by atomic mass is 10.0. The van der Waals surface area contributed by atoms with E-state index in [1.165, 1.54) is 32.4 Å². The molecule has 0 aromatic heterocycles. The second-order valence-corrected chi connectivity index (χ2v) is 11.6. The average Bonchev–Trinajstić information content (AvgIpc) is 3.41. The molecule has 0 bridgehead atoms. The van der Waals surface area contributed by atoms with E-state index in [-0.39, 0.29) is 5.25 Å². The number of methoxy groups -OCH3 is 1. The van der Waals surface area contributed by atoms with E-state index in [9.17, 15) is 5.11 Å². The van der Waals surface area contributed by atoms with Crippen LogP contribution in [0.25, 0.3) is 10.8 Å². The predicted molar refractivity (Wildman–Crippen MR) is 152 cm³/mol. The summed E-state index contributed by atoms with van der Waals surface area (Å²) in [5.41, 5.74) is 0.286. The van der Waals surface area contributed by atoms with E-state index in [4.69, 9.17) is 14.2 Å². The van der Waals surface area contributed by atoms with Gasteiger partial charge < -0.3 is 19.3 Å². The first-order valence-corrected chi connectivity index (χ1v) is 14.1. The lowest BCUT2D eigenvalue weighted by molar-refractivity contribution is 0.129. The van der Waals surface area contributed by atoms with Crippen LogP contribution in [0, 0.1) is 0 Å². The Kier molecular flexibility index (Phi) is 7.98. The lowest BCUT2D eigenvalue weighted by Crippen LogP contribution is -2.33. The molecule has 2 aliphatic rings. The van der Waals surface area contributed by atoms with Gasteiger partial charge in [-0.3, -0.25) is 4.90 Å². The fourth-order valence-corrected chi connectivity index (χ4v) is 6.33. The minimum atomic E-state index is -0.839. The third-order valence-electron chi connectivity index (χ3n) is 7.11. The van der Waals surface area contributed by atoms with E-state index >= 15 is 0 Å². The lowest BCUT2D eigenvalue weighted by Gasteiger charge is -2.26. The highest BCUT2D eigenvalue weighted by atomic mass is 32.2. The monoisotopic (exact) mass is 519 g/mol. The number of hydrogen-bond donors (Lipinski definition) is 1. The van der Waals surface area contributed by atoms with Crippen molar-refractivity contribution in [2.75, 3.05) is 33.4 Å². The van der Waals surface area contributed by atoms with Crippen LogP contribution in [0.15, 0.2) is 65.6 Å². The Labute approximate surface area is 224 Å². The number of allylic oxidation sites excluding steroid dienone is 1. The Balaban J connectivity index is 1.35. The maximum atomic E-state index is 10.5. The minimum absolute atomic E-state index is 0.181. The first-order valence-electron chi connectivity index (χ1n) is 13.2. The Morgan fingerprint density at radius 1 is 0.946 bits per heavy atom. The van der Waals surface area contributed by atoms with Gasteiger partial charge in [0, 0.05) is 27.6 Å². The molecular weight excluding hydrogens is 482 g/mol. The SMILES string of the molecule is COc1ccc2c(Oc3ccc(OCCN4CCCCC4)cc3)c(C3CC=C(C(C)(C)O)S3)ccc2c1. The first-order chi connectivity index (χ1) is 17.9. The highest BCUT2D eigenvalue weighted by Crippen LogP contribution is 2.51. The fourth-order valence-electron chi connectivity index (χ4n) is 5.04. The van der Waals surface area contributed by atoms with Gasteiger partial charge in [-0.05, 0) is 94.1 Å². The second kappa shape index (κ2) is 11.4. The van der Waals surface area contributed by atoms with Crippen LogP contribution in [-0.2, 0) is 0 Å². The number of likely N-dealkylation sites (tertiary alicyclic amines) is 1. The first kappa shape index (κ1) is 26.0. The number of aliphatic hydroxyl groups is 1. The van der Waals surface area contributed by atoms with Crippen molar-refractivity contribution >= 4 is 22.5 Å². The van der Waals surface area contributed by atoms with Gasteiger partial charge in [0.05, 0.1) is 12.7 Å². The smallest absolute Gasteiger partial charge is 0.139 e. The van der Waals surface area contributed by atoms with E-state index in [1.807, 2.05) is 50.2 Å². The summed E-state index contributed by atoms with van der Waals surface area (Å²) in [5, 5.41) is 12.8. The van der Waals surface area contributed by atoms with Gasteiger partial charge in [-0.25, -0.2) is 0 Å². The molecule has 2 heterocycles. The van der Waals surface area contributed by atoms with Gasteiger partial charge in [-0.2, -0.15) is 0 Å². The third-order valence-corrected chi connectivity index (χ3v) is 8.76. The van der Waals surface area contributed by atoms with Gasteiger partial charge in [-0.15, -0.1) is 11.8 Å². The van der Waals surface area contributed by atoms with Crippen LogP contribution in [0.3, 0.4) is 0 Å². The third kappa shape index (κ3) is 6.25. The molecule has 0 saturated carbocycles. The average molecular weight is 520 g/mol. The van der Waals surface area contributed by atoms with Crippen molar-refractivity contribution in [2.45, 2.75) is 50.4 Å². The second-order valence-electron chi connectivity index (χ2n) is 10.4. The molecule has 1 fully saturated rings. The van der Waals surface area contributed by atoms with Gasteiger partial charge in [-0.1, -0.05) is 24.6 Å². The molecule has 0 amide bonds. The molecule has 3 aromatic rings. The fraction of sp³-hybridized carbons (Fsp3) is 0.419. The van der Waals surface area contributed by atoms with Crippen molar-refractivity contribution in [3.05, 3.63) is 71.1 Å². The number of thioether (sulfide) groups is 1. The van der Waals surface area contributed by atoms with Gasteiger partial charge in [0.2, 0.25) is 0 Å². The summed E-state index contributed by atoms with van der Waals surface area (Å²) in [6.45, 7) is 7.72. The summed E-state index contributed by atoms with van der Waals surface area (Å²) < 4.78 is 18.0. The minimum Gasteiger partial charge on any atom is -0.497 e. The molecule has 2 aliphatic heterocycles. The number of ether oxygens (including phenoxy) is 3. The van der Waals surface area contributed by atoms with Crippen LogP contribution in [0.1, 0.15) is 50.3 Å². The molecule has 1 atom stereocenters. The summed E-state index contributed by atoms with van der Waals surface area (Å²) in [5.74, 6) is 3.30. The van der Waals surface area contributed by atoms with E-state index in [0.717, 1.165) is 57.2 Å². The van der Waals surface area contributed by atoms with Crippen molar-refractivity contribution in [1.82, 2.24) is 4.90 Å². The molecule has 1 N–H and O–H groups in total. The summed E-state index contributed by atoms with van der Waals surface area (Å²) in [6, 6.07) is 18.3. The van der Waals surface area contributed by atoms with E-state index in [1.54, 1.807) is 18.9 Å². The number of hydrogen-bond acceptors (Lipinski definition) is 6. The maximum Gasteiger partial charge on any atom is 0.139 e. The number of benzene rings is 3. The summed E-state index contributed by atoms with van der Waals surface area (Å²) in [6.07, 6.45) is 6.94. The largest absolute Gasteiger partial charge is 0.497 e. The number of nitrogens with zero attached hydrogens (tertiary/aromatic N) is 1. The van der Waals surface area contributed by atoms with Gasteiger partial charge in [0.15, 0.2) is 0 Å². The van der Waals surface area contributed by atoms with Crippen LogP contribution in [0.4, 0.5) is 0 Å². The molecule has 37 heavy (non-hydrogen) atoms. The Morgan fingerprint density at radius 3 is 2.38 bits per heavy atom. The zero-order chi connectivity index (χ0) is 25.8. The normalized spacial score (nSPS) is 18.6. The van der Waals surface area contributed by atoms with Crippen molar-refractivity contribution in [3.63, 3.8) is 0 Å². The van der Waals surface area contributed by atoms with Gasteiger partial charge in [0.1, 0.15) is 29.6 Å². The van der Waals surface area contributed by atoms with E-state index in [2.05, 4.69) is 29.2 Å². The molecule has 5 rings (SSSR count). The summed E-state index contributed by atoms with van der Waals surface area (Å²) in [7, 11) is 1.68. The number of fused-ring (bicyclic) bond motifs is 1. The van der Waals surface area contributed by atoms with E-state index in [0.29, 0.717) is 6.61 Å². The standard InChI is InChI=1S/C31H37NO4S/c1-31(2,33)29-16-15-28(37-29)27-13-7-22-21-25(34-3)12-14-26(22)30(27)36-24-10-8-23(9-11-24)35-20-19-32-17-5-4-6-18-32/h7-14,16,21,28,33H,4-6,15,17-20H2,1-3H3. The van der Waals surface area contributed by atoms with Crippen LogP contribution in [-0.4, -0.2) is 49.0 Å².